The van der Waals surface area contributed by atoms with Crippen LogP contribution >= 0.6 is 11.8 Å². The maximum atomic E-state index is 5.62. The predicted molar refractivity (Wildman–Crippen MR) is 73.9 cm³/mol. The number of aromatic nitrogens is 5. The average Bonchev–Trinajstić information content (AvgIpc) is 3.05. The molecule has 2 heterocycles. The summed E-state index contributed by atoms with van der Waals surface area (Å²) in [4.78, 5) is 4.25. The van der Waals surface area contributed by atoms with Crippen LogP contribution in [0, 0.1) is 6.92 Å². The zero-order valence-electron chi connectivity index (χ0n) is 11.0. The van der Waals surface area contributed by atoms with Crippen LogP contribution in [0.1, 0.15) is 30.4 Å². The Morgan fingerprint density at radius 1 is 1.42 bits per heavy atom. The van der Waals surface area contributed by atoms with E-state index in [2.05, 4.69) is 24.3 Å². The number of hydrogen-bond donors (Lipinski definition) is 1. The first-order valence-corrected chi connectivity index (χ1v) is 7.51. The Bertz CT molecular complexity index is 556. The van der Waals surface area contributed by atoms with Gasteiger partial charge in [0.1, 0.15) is 5.82 Å². The Labute approximate surface area is 116 Å². The highest BCUT2D eigenvalue weighted by molar-refractivity contribution is 7.98. The number of aryl methyl sites for hydroxylation is 1. The van der Waals surface area contributed by atoms with E-state index in [0.29, 0.717) is 12.6 Å². The molecule has 7 heteroatoms. The SMILES string of the molecule is Cc1nnc(SCc2cncn2C2CC2)n1CCN. The first-order valence-electron chi connectivity index (χ1n) is 6.53. The zero-order valence-corrected chi connectivity index (χ0v) is 11.8. The molecule has 0 unspecified atom stereocenters. The van der Waals surface area contributed by atoms with Crippen LogP contribution in [0.2, 0.25) is 0 Å². The Morgan fingerprint density at radius 3 is 3.00 bits per heavy atom. The summed E-state index contributed by atoms with van der Waals surface area (Å²) in [6, 6.07) is 0.668. The number of thioether (sulfide) groups is 1. The second-order valence-corrected chi connectivity index (χ2v) is 5.72. The van der Waals surface area contributed by atoms with E-state index in [4.69, 9.17) is 5.73 Å². The van der Waals surface area contributed by atoms with Crippen LogP contribution in [0.15, 0.2) is 17.7 Å². The van der Waals surface area contributed by atoms with Gasteiger partial charge in [0.05, 0.1) is 6.33 Å². The number of hydrogen-bond acceptors (Lipinski definition) is 5. The molecule has 0 aromatic carbocycles. The molecular weight excluding hydrogens is 260 g/mol. The lowest BCUT2D eigenvalue weighted by molar-refractivity contribution is 0.627. The maximum absolute atomic E-state index is 5.62. The zero-order chi connectivity index (χ0) is 13.2. The van der Waals surface area contributed by atoms with Gasteiger partial charge in [-0.1, -0.05) is 11.8 Å². The Morgan fingerprint density at radius 2 is 2.26 bits per heavy atom. The highest BCUT2D eigenvalue weighted by Crippen LogP contribution is 2.36. The van der Waals surface area contributed by atoms with Gasteiger partial charge in [-0.2, -0.15) is 0 Å². The van der Waals surface area contributed by atoms with Gasteiger partial charge < -0.3 is 14.9 Å². The minimum absolute atomic E-state index is 0.604. The lowest BCUT2D eigenvalue weighted by Gasteiger charge is -2.08. The molecule has 3 rings (SSSR count). The summed E-state index contributed by atoms with van der Waals surface area (Å²) in [5, 5.41) is 9.27. The summed E-state index contributed by atoms with van der Waals surface area (Å²) in [5.74, 6) is 1.79. The fourth-order valence-corrected chi connectivity index (χ4v) is 3.10. The number of rotatable bonds is 6. The number of nitrogens with zero attached hydrogens (tertiary/aromatic N) is 5. The van der Waals surface area contributed by atoms with Crippen LogP contribution in [0.5, 0.6) is 0 Å². The summed E-state index contributed by atoms with van der Waals surface area (Å²) in [5.41, 5.74) is 6.88. The molecule has 0 aliphatic heterocycles. The molecule has 0 bridgehead atoms. The molecule has 1 aliphatic carbocycles. The van der Waals surface area contributed by atoms with Crippen molar-refractivity contribution in [3.63, 3.8) is 0 Å². The Kier molecular flexibility index (Phi) is 3.56. The molecule has 102 valence electrons. The van der Waals surface area contributed by atoms with E-state index >= 15 is 0 Å². The molecule has 0 amide bonds. The van der Waals surface area contributed by atoms with Crippen molar-refractivity contribution < 1.29 is 0 Å². The Balaban J connectivity index is 1.70. The third-order valence-corrected chi connectivity index (χ3v) is 4.29. The van der Waals surface area contributed by atoms with Crippen molar-refractivity contribution in [1.82, 2.24) is 24.3 Å². The smallest absolute Gasteiger partial charge is 0.191 e. The van der Waals surface area contributed by atoms with Crippen molar-refractivity contribution >= 4 is 11.8 Å². The molecule has 1 aliphatic rings. The predicted octanol–water partition coefficient (Wildman–Crippen LogP) is 1.37. The van der Waals surface area contributed by atoms with E-state index in [0.717, 1.165) is 23.3 Å². The number of imidazole rings is 1. The summed E-state index contributed by atoms with van der Waals surface area (Å²) >= 11 is 1.70. The average molecular weight is 278 g/mol. The molecule has 1 fully saturated rings. The fourth-order valence-electron chi connectivity index (χ4n) is 2.12. The molecule has 6 nitrogen and oxygen atoms in total. The van der Waals surface area contributed by atoms with Gasteiger partial charge in [0.2, 0.25) is 0 Å². The molecule has 0 saturated heterocycles. The van der Waals surface area contributed by atoms with Crippen LogP contribution < -0.4 is 5.73 Å². The van der Waals surface area contributed by atoms with Crippen molar-refractivity contribution in [1.29, 1.82) is 0 Å². The van der Waals surface area contributed by atoms with E-state index in [1.165, 1.54) is 18.5 Å². The molecule has 0 spiro atoms. The van der Waals surface area contributed by atoms with Gasteiger partial charge in [0, 0.05) is 36.8 Å². The summed E-state index contributed by atoms with van der Waals surface area (Å²) in [6.07, 6.45) is 6.43. The van der Waals surface area contributed by atoms with Crippen LogP contribution in [0.25, 0.3) is 0 Å². The van der Waals surface area contributed by atoms with Crippen LogP contribution in [-0.2, 0) is 12.3 Å². The highest BCUT2D eigenvalue weighted by atomic mass is 32.2. The third-order valence-electron chi connectivity index (χ3n) is 3.29. The molecule has 0 radical (unpaired) electrons. The quantitative estimate of drug-likeness (QED) is 0.808. The van der Waals surface area contributed by atoms with E-state index in [9.17, 15) is 0 Å². The van der Waals surface area contributed by atoms with Gasteiger partial charge in [-0.3, -0.25) is 0 Å². The Hall–Kier alpha value is -1.34. The minimum Gasteiger partial charge on any atom is -0.331 e. The molecule has 2 aromatic rings. The summed E-state index contributed by atoms with van der Waals surface area (Å²) < 4.78 is 4.35. The maximum Gasteiger partial charge on any atom is 0.191 e. The lowest BCUT2D eigenvalue weighted by Crippen LogP contribution is -2.12. The molecule has 19 heavy (non-hydrogen) atoms. The topological polar surface area (TPSA) is 74.5 Å². The van der Waals surface area contributed by atoms with Crippen molar-refractivity contribution in [2.75, 3.05) is 6.54 Å². The largest absolute Gasteiger partial charge is 0.331 e. The monoisotopic (exact) mass is 278 g/mol. The van der Waals surface area contributed by atoms with Crippen molar-refractivity contribution in [2.45, 2.75) is 43.3 Å². The van der Waals surface area contributed by atoms with E-state index < -0.39 is 0 Å². The standard InChI is InChI=1S/C12H18N6S/c1-9-15-16-12(17(9)5-4-13)19-7-11-6-14-8-18(11)10-2-3-10/h6,8,10H,2-5,7,13H2,1H3. The molecule has 2 N–H and O–H groups in total. The van der Waals surface area contributed by atoms with Gasteiger partial charge in [0.15, 0.2) is 5.16 Å². The van der Waals surface area contributed by atoms with Crippen LogP contribution in [0.4, 0.5) is 0 Å². The van der Waals surface area contributed by atoms with Crippen molar-refractivity contribution in [3.8, 4) is 0 Å². The van der Waals surface area contributed by atoms with E-state index in [1.807, 2.05) is 19.4 Å². The normalized spacial score (nSPS) is 15.1. The van der Waals surface area contributed by atoms with Crippen molar-refractivity contribution in [2.24, 2.45) is 5.73 Å². The second kappa shape index (κ2) is 5.34. The van der Waals surface area contributed by atoms with Gasteiger partial charge in [0.25, 0.3) is 0 Å². The lowest BCUT2D eigenvalue weighted by atomic mass is 10.5. The summed E-state index contributed by atoms with van der Waals surface area (Å²) in [7, 11) is 0. The molecule has 0 atom stereocenters. The molecule has 2 aromatic heterocycles. The van der Waals surface area contributed by atoms with Crippen LogP contribution in [0.3, 0.4) is 0 Å². The van der Waals surface area contributed by atoms with Crippen LogP contribution in [-0.4, -0.2) is 30.9 Å². The van der Waals surface area contributed by atoms with E-state index in [1.54, 1.807) is 11.8 Å². The van der Waals surface area contributed by atoms with Gasteiger partial charge in [-0.05, 0) is 19.8 Å². The minimum atomic E-state index is 0.604. The van der Waals surface area contributed by atoms with Gasteiger partial charge in [-0.15, -0.1) is 10.2 Å². The summed E-state index contributed by atoms with van der Waals surface area (Å²) in [6.45, 7) is 3.33. The molecular formula is C12H18N6S. The first kappa shape index (κ1) is 12.7. The highest BCUT2D eigenvalue weighted by Gasteiger charge is 2.25. The van der Waals surface area contributed by atoms with Gasteiger partial charge >= 0.3 is 0 Å². The first-order chi connectivity index (χ1) is 9.29. The van der Waals surface area contributed by atoms with Gasteiger partial charge in [-0.25, -0.2) is 4.98 Å². The second-order valence-electron chi connectivity index (χ2n) is 4.78. The fraction of sp³-hybridized carbons (Fsp3) is 0.583. The number of nitrogens with two attached hydrogens (primary N) is 1. The van der Waals surface area contributed by atoms with E-state index in [-0.39, 0.29) is 0 Å². The van der Waals surface area contributed by atoms with Crippen molar-refractivity contribution in [3.05, 3.63) is 24.0 Å². The molecule has 1 saturated carbocycles. The third kappa shape index (κ3) is 2.66.